The third-order valence-electron chi connectivity index (χ3n) is 3.90. The van der Waals surface area contributed by atoms with Gasteiger partial charge >= 0.3 is 16.4 Å². The average molecular weight is 320 g/mol. The van der Waals surface area contributed by atoms with E-state index in [1.807, 2.05) is 0 Å². The summed E-state index contributed by atoms with van der Waals surface area (Å²) in [5.74, 6) is 0. The van der Waals surface area contributed by atoms with Gasteiger partial charge in [-0.15, -0.1) is 4.28 Å². The predicted octanol–water partition coefficient (Wildman–Crippen LogP) is -0.907. The number of oxime groups is 1. The molecule has 3 aliphatic rings. The van der Waals surface area contributed by atoms with E-state index in [9.17, 15) is 13.2 Å². The molecule has 3 heterocycles. The van der Waals surface area contributed by atoms with Crippen molar-refractivity contribution in [1.29, 1.82) is 0 Å². The van der Waals surface area contributed by atoms with Crippen molar-refractivity contribution in [2.24, 2.45) is 10.9 Å². The van der Waals surface area contributed by atoms with Crippen LogP contribution in [0, 0.1) is 0 Å². The molecule has 3 atom stereocenters. The molecule has 0 aromatic rings. The van der Waals surface area contributed by atoms with E-state index < -0.39 is 22.5 Å². The summed E-state index contributed by atoms with van der Waals surface area (Å²) in [5, 5.41) is 4.69. The third kappa shape index (κ3) is 2.69. The number of hydrogen-bond donors (Lipinski definition) is 2. The predicted molar refractivity (Wildman–Crippen MR) is 69.4 cm³/mol. The minimum atomic E-state index is -4.72. The smallest absolute Gasteiger partial charge is 0.391 e. The summed E-state index contributed by atoms with van der Waals surface area (Å²) in [7, 11) is -4.72. The van der Waals surface area contributed by atoms with Crippen molar-refractivity contribution in [1.82, 2.24) is 9.96 Å². The number of carbonyl (C=O) groups is 1. The second-order valence-electron chi connectivity index (χ2n) is 5.26. The number of hydrogen-bond acceptors (Lipinski definition) is 7. The SMILES string of the molecule is NC[C@@H]1CC([C@@H]2CCC3CN2C(=O)N3OS(=O)(=O)O)=NO1. The van der Waals surface area contributed by atoms with Crippen LogP contribution < -0.4 is 5.73 Å². The van der Waals surface area contributed by atoms with Gasteiger partial charge in [0.25, 0.3) is 0 Å². The minimum absolute atomic E-state index is 0.180. The second kappa shape index (κ2) is 5.09. The molecule has 21 heavy (non-hydrogen) atoms. The molecule has 10 nitrogen and oxygen atoms in total. The van der Waals surface area contributed by atoms with Gasteiger partial charge in [0.05, 0.1) is 17.8 Å². The molecule has 0 spiro atoms. The molecule has 0 aromatic carbocycles. The number of carbonyl (C=O) groups excluding carboxylic acids is 1. The molecular weight excluding hydrogens is 304 g/mol. The molecule has 2 bridgehead atoms. The number of hydroxylamine groups is 2. The number of piperidine rings is 1. The molecule has 0 aliphatic carbocycles. The molecule has 1 unspecified atom stereocenters. The summed E-state index contributed by atoms with van der Waals surface area (Å²) in [4.78, 5) is 18.9. The van der Waals surface area contributed by atoms with Gasteiger partial charge in [0.1, 0.15) is 6.10 Å². The van der Waals surface area contributed by atoms with Crippen LogP contribution in [0.2, 0.25) is 0 Å². The lowest BCUT2D eigenvalue weighted by Crippen LogP contribution is -2.45. The first-order chi connectivity index (χ1) is 9.89. The van der Waals surface area contributed by atoms with Crippen LogP contribution in [-0.4, -0.2) is 66.0 Å². The quantitative estimate of drug-likeness (QED) is 0.640. The van der Waals surface area contributed by atoms with E-state index in [-0.39, 0.29) is 12.1 Å². The fourth-order valence-corrected chi connectivity index (χ4v) is 3.34. The summed E-state index contributed by atoms with van der Waals surface area (Å²) in [6.45, 7) is 0.666. The topological polar surface area (TPSA) is 135 Å². The lowest BCUT2D eigenvalue weighted by molar-refractivity contribution is -0.0316. The molecule has 3 N–H and O–H groups in total. The molecule has 2 amide bonds. The van der Waals surface area contributed by atoms with Gasteiger partial charge in [0.2, 0.25) is 0 Å². The molecule has 2 saturated heterocycles. The van der Waals surface area contributed by atoms with Crippen molar-refractivity contribution in [3.05, 3.63) is 0 Å². The summed E-state index contributed by atoms with van der Waals surface area (Å²) in [6.07, 6.45) is 1.55. The highest BCUT2D eigenvalue weighted by Crippen LogP contribution is 2.33. The highest BCUT2D eigenvalue weighted by Gasteiger charge is 2.49. The van der Waals surface area contributed by atoms with Crippen LogP contribution in [0.3, 0.4) is 0 Å². The molecule has 2 fully saturated rings. The average Bonchev–Trinajstić information content (AvgIpc) is 2.98. The van der Waals surface area contributed by atoms with E-state index >= 15 is 0 Å². The standard InChI is InChI=1S/C10H16N4O6S/c11-4-7-3-8(12-19-7)9-2-1-6-5-13(9)10(15)14(6)20-21(16,17)18/h6-7,9H,1-5,11H2,(H,16,17,18)/t6?,7-,9-/m0/s1. The van der Waals surface area contributed by atoms with E-state index in [4.69, 9.17) is 15.1 Å². The lowest BCUT2D eigenvalue weighted by atomic mass is 9.94. The fourth-order valence-electron chi connectivity index (χ4n) is 2.95. The Hall–Kier alpha value is -1.43. The van der Waals surface area contributed by atoms with E-state index in [2.05, 4.69) is 9.44 Å². The zero-order valence-corrected chi connectivity index (χ0v) is 11.9. The number of nitrogens with zero attached hydrogens (tertiary/aromatic N) is 3. The minimum Gasteiger partial charge on any atom is -0.391 e. The van der Waals surface area contributed by atoms with E-state index in [0.717, 1.165) is 5.71 Å². The second-order valence-corrected chi connectivity index (χ2v) is 6.26. The monoisotopic (exact) mass is 320 g/mol. The zero-order chi connectivity index (χ0) is 15.2. The molecule has 3 rings (SSSR count). The van der Waals surface area contributed by atoms with Crippen molar-refractivity contribution in [2.45, 2.75) is 37.5 Å². The highest BCUT2D eigenvalue weighted by atomic mass is 32.3. The van der Waals surface area contributed by atoms with Gasteiger partial charge in [-0.25, -0.2) is 4.79 Å². The Morgan fingerprint density at radius 1 is 1.48 bits per heavy atom. The number of nitrogens with two attached hydrogens (primary N) is 1. The molecule has 0 aromatic heterocycles. The zero-order valence-electron chi connectivity index (χ0n) is 11.1. The van der Waals surface area contributed by atoms with Crippen LogP contribution >= 0.6 is 0 Å². The van der Waals surface area contributed by atoms with Crippen molar-refractivity contribution in [3.63, 3.8) is 0 Å². The molecule has 0 radical (unpaired) electrons. The summed E-state index contributed by atoms with van der Waals surface area (Å²) < 4.78 is 34.7. The lowest BCUT2D eigenvalue weighted by Gasteiger charge is -2.29. The normalized spacial score (nSPS) is 32.4. The van der Waals surface area contributed by atoms with Gasteiger partial charge in [-0.1, -0.05) is 5.16 Å². The van der Waals surface area contributed by atoms with E-state index in [1.165, 1.54) is 4.90 Å². The van der Waals surface area contributed by atoms with E-state index in [0.29, 0.717) is 37.4 Å². The highest BCUT2D eigenvalue weighted by molar-refractivity contribution is 7.80. The van der Waals surface area contributed by atoms with Gasteiger partial charge in [-0.05, 0) is 12.8 Å². The molecule has 3 aliphatic heterocycles. The molecular formula is C10H16N4O6S. The Kier molecular flexibility index (Phi) is 3.51. The summed E-state index contributed by atoms with van der Waals surface area (Å²) in [6, 6.07) is -1.25. The van der Waals surface area contributed by atoms with Gasteiger partial charge in [-0.3, -0.25) is 4.55 Å². The number of fused-ring (bicyclic) bond motifs is 2. The van der Waals surface area contributed by atoms with Crippen molar-refractivity contribution in [3.8, 4) is 0 Å². The van der Waals surface area contributed by atoms with Crippen molar-refractivity contribution < 1.29 is 26.9 Å². The first-order valence-electron chi connectivity index (χ1n) is 6.58. The van der Waals surface area contributed by atoms with Crippen LogP contribution in [0.5, 0.6) is 0 Å². The van der Waals surface area contributed by atoms with Crippen LogP contribution in [0.4, 0.5) is 4.79 Å². The molecule has 0 saturated carbocycles. The first kappa shape index (κ1) is 14.5. The number of rotatable bonds is 4. The maximum Gasteiger partial charge on any atom is 0.418 e. The van der Waals surface area contributed by atoms with Crippen molar-refractivity contribution >= 4 is 22.1 Å². The van der Waals surface area contributed by atoms with Crippen molar-refractivity contribution in [2.75, 3.05) is 13.1 Å². The van der Waals surface area contributed by atoms with Gasteiger partial charge in [-0.2, -0.15) is 13.5 Å². The Morgan fingerprint density at radius 2 is 2.24 bits per heavy atom. The Balaban J connectivity index is 1.74. The fraction of sp³-hybridized carbons (Fsp3) is 0.800. The molecule has 11 heteroatoms. The van der Waals surface area contributed by atoms with Crippen LogP contribution in [0.1, 0.15) is 19.3 Å². The third-order valence-corrected chi connectivity index (χ3v) is 4.25. The van der Waals surface area contributed by atoms with Gasteiger partial charge < -0.3 is 15.5 Å². The van der Waals surface area contributed by atoms with Crippen LogP contribution in [0.25, 0.3) is 0 Å². The Morgan fingerprint density at radius 3 is 2.86 bits per heavy atom. The summed E-state index contributed by atoms with van der Waals surface area (Å²) >= 11 is 0. The number of amides is 2. The largest absolute Gasteiger partial charge is 0.418 e. The van der Waals surface area contributed by atoms with Gasteiger partial charge in [0, 0.05) is 19.5 Å². The molecule has 118 valence electrons. The Labute approximate surface area is 121 Å². The maximum atomic E-state index is 12.2. The Bertz CT molecular complexity index is 578. The van der Waals surface area contributed by atoms with Gasteiger partial charge in [0.15, 0.2) is 0 Å². The first-order valence-corrected chi connectivity index (χ1v) is 7.95. The maximum absolute atomic E-state index is 12.2. The van der Waals surface area contributed by atoms with Crippen LogP contribution in [0.15, 0.2) is 5.16 Å². The van der Waals surface area contributed by atoms with E-state index in [1.54, 1.807) is 0 Å². The summed E-state index contributed by atoms with van der Waals surface area (Å²) in [5.41, 5.74) is 6.25. The van der Waals surface area contributed by atoms with Crippen LogP contribution in [-0.2, 0) is 19.5 Å². The number of urea groups is 1.